The van der Waals surface area contributed by atoms with Gasteiger partial charge in [0.25, 0.3) is 0 Å². The lowest BCUT2D eigenvalue weighted by Gasteiger charge is -2.14. The van der Waals surface area contributed by atoms with E-state index < -0.39 is 0 Å². The molecule has 0 saturated carbocycles. The maximum Gasteiger partial charge on any atom is 0.240 e. The summed E-state index contributed by atoms with van der Waals surface area (Å²) in [5.74, 6) is 0.915. The maximum atomic E-state index is 4.26. The zero-order valence-corrected chi connectivity index (χ0v) is 17.1. The van der Waals surface area contributed by atoms with Crippen molar-refractivity contribution < 1.29 is 0 Å². The molecule has 0 saturated heterocycles. The Morgan fingerprint density at radius 1 is 0.640 bits per heavy atom. The molecule has 2 nitrogen and oxygen atoms in total. The number of unbranched alkanes of at least 4 members (excludes halogenated alkanes) is 11. The smallest absolute Gasteiger partial charge is 0.0968 e. The Morgan fingerprint density at radius 3 is 1.64 bits per heavy atom. The van der Waals surface area contributed by atoms with E-state index in [1.54, 1.807) is 12.4 Å². The number of hydrogen-bond donors (Lipinski definition) is 0. The van der Waals surface area contributed by atoms with Crippen molar-refractivity contribution in [1.29, 1.82) is 0 Å². The minimum Gasteiger partial charge on any atom is -0.0968 e. The van der Waals surface area contributed by atoms with Crippen LogP contribution in [0.25, 0.3) is 0 Å². The third kappa shape index (κ3) is 13.1. The van der Waals surface area contributed by atoms with E-state index in [1.165, 1.54) is 103 Å². The molecule has 1 unspecified atom stereocenters. The van der Waals surface area contributed by atoms with E-state index in [9.17, 15) is 0 Å². The van der Waals surface area contributed by atoms with Gasteiger partial charge in [-0.25, -0.2) is 0 Å². The molecule has 0 aromatic heterocycles. The highest BCUT2D eigenvalue weighted by molar-refractivity contribution is 6.18. The van der Waals surface area contributed by atoms with Crippen molar-refractivity contribution in [2.24, 2.45) is 15.9 Å². The molecule has 0 aliphatic carbocycles. The fourth-order valence-electron chi connectivity index (χ4n) is 3.78. The first kappa shape index (κ1) is 22.3. The monoisotopic (exact) mass is 347 g/mol. The van der Waals surface area contributed by atoms with Gasteiger partial charge in [-0.2, -0.15) is 0 Å². The molecule has 0 aromatic carbocycles. The summed E-state index contributed by atoms with van der Waals surface area (Å²) in [4.78, 5) is 8.53. The highest BCUT2D eigenvalue weighted by Gasteiger charge is 2.16. The summed E-state index contributed by atoms with van der Waals surface area (Å²) in [6.45, 7) is 4.65. The lowest BCUT2D eigenvalue weighted by molar-refractivity contribution is 0.397. The summed E-state index contributed by atoms with van der Waals surface area (Å²) in [5, 5.41) is 0. The highest BCUT2D eigenvalue weighted by Crippen LogP contribution is 2.24. The van der Waals surface area contributed by atoms with E-state index in [0.717, 1.165) is 18.5 Å². The van der Waals surface area contributed by atoms with Crippen LogP contribution in [0.4, 0.5) is 0 Å². The zero-order valence-electron chi connectivity index (χ0n) is 17.1. The van der Waals surface area contributed by atoms with Gasteiger partial charge in [-0.1, -0.05) is 114 Å². The predicted molar refractivity (Wildman–Crippen MR) is 114 cm³/mol. The number of rotatable bonds is 18. The highest BCUT2D eigenvalue weighted by atomic mass is 15.0. The van der Waals surface area contributed by atoms with Crippen LogP contribution in [0.2, 0.25) is 0 Å². The van der Waals surface area contributed by atoms with Crippen molar-refractivity contribution in [3.05, 3.63) is 6.17 Å². The number of nitrogens with zero attached hydrogens (tertiary/aromatic N) is 2. The van der Waals surface area contributed by atoms with E-state index in [0.29, 0.717) is 0 Å². The maximum absolute atomic E-state index is 4.26. The van der Waals surface area contributed by atoms with Gasteiger partial charge in [0.15, 0.2) is 12.4 Å². The van der Waals surface area contributed by atoms with Crippen molar-refractivity contribution in [2.45, 2.75) is 123 Å². The van der Waals surface area contributed by atoms with Crippen LogP contribution in [-0.4, -0.2) is 12.4 Å². The largest absolute Gasteiger partial charge is 0.240 e. The summed E-state index contributed by atoms with van der Waals surface area (Å²) >= 11 is 0. The van der Waals surface area contributed by atoms with Crippen LogP contribution in [-0.2, 0) is 0 Å². The average molecular weight is 348 g/mol. The Labute approximate surface area is 158 Å². The summed E-state index contributed by atoms with van der Waals surface area (Å²) in [6, 6.07) is 0. The number of hydrogen-bond acceptors (Lipinski definition) is 2. The Bertz CT molecular complexity index is 323. The first-order valence-electron chi connectivity index (χ1n) is 11.3. The SMILES string of the molecule is CCCCCCCCCCCCCCC(CC)CCC[C+]1N=CC=N1. The van der Waals surface area contributed by atoms with Crippen molar-refractivity contribution in [1.82, 2.24) is 0 Å². The molecule has 0 fully saturated rings. The molecule has 0 radical (unpaired) electrons. The molecule has 1 atom stereocenters. The third-order valence-corrected chi connectivity index (χ3v) is 5.57. The average Bonchev–Trinajstić information content (AvgIpc) is 3.14. The molecule has 1 aliphatic rings. The Morgan fingerprint density at radius 2 is 1.12 bits per heavy atom. The van der Waals surface area contributed by atoms with E-state index in [-0.39, 0.29) is 0 Å². The van der Waals surface area contributed by atoms with Crippen molar-refractivity contribution in [3.8, 4) is 0 Å². The van der Waals surface area contributed by atoms with Gasteiger partial charge in [0.05, 0.1) is 6.42 Å². The van der Waals surface area contributed by atoms with Gasteiger partial charge in [-0.3, -0.25) is 0 Å². The van der Waals surface area contributed by atoms with Crippen molar-refractivity contribution in [2.75, 3.05) is 0 Å². The Kier molecular flexibility index (Phi) is 14.8. The van der Waals surface area contributed by atoms with E-state index in [1.807, 2.05) is 0 Å². The molecule has 1 aliphatic heterocycles. The molecule has 25 heavy (non-hydrogen) atoms. The van der Waals surface area contributed by atoms with E-state index in [2.05, 4.69) is 23.8 Å². The Balaban J connectivity index is 1.82. The second-order valence-corrected chi connectivity index (χ2v) is 7.82. The lowest BCUT2D eigenvalue weighted by Crippen LogP contribution is -2.00. The second kappa shape index (κ2) is 16.7. The van der Waals surface area contributed by atoms with Crippen LogP contribution in [0.3, 0.4) is 0 Å². The summed E-state index contributed by atoms with van der Waals surface area (Å²) in [5.41, 5.74) is 0. The second-order valence-electron chi connectivity index (χ2n) is 7.82. The van der Waals surface area contributed by atoms with Gasteiger partial charge in [-0.15, -0.1) is 0 Å². The Hall–Kier alpha value is -0.790. The molecule has 0 bridgehead atoms. The summed E-state index contributed by atoms with van der Waals surface area (Å²) in [6.07, 6.45) is 28.4. The third-order valence-electron chi connectivity index (χ3n) is 5.57. The quantitative estimate of drug-likeness (QED) is 0.178. The van der Waals surface area contributed by atoms with E-state index in [4.69, 9.17) is 0 Å². The fraction of sp³-hybridized carbons (Fsp3) is 0.870. The lowest BCUT2D eigenvalue weighted by atomic mass is 9.92. The fourth-order valence-corrected chi connectivity index (χ4v) is 3.78. The first-order chi connectivity index (χ1) is 12.4. The molecular weight excluding hydrogens is 304 g/mol. The normalized spacial score (nSPS) is 14.6. The zero-order chi connectivity index (χ0) is 18.0. The van der Waals surface area contributed by atoms with Crippen LogP contribution < -0.4 is 0 Å². The van der Waals surface area contributed by atoms with E-state index >= 15 is 0 Å². The first-order valence-corrected chi connectivity index (χ1v) is 11.3. The van der Waals surface area contributed by atoms with Crippen LogP contribution in [0.5, 0.6) is 0 Å². The molecule has 1 rings (SSSR count). The van der Waals surface area contributed by atoms with Gasteiger partial charge in [0.2, 0.25) is 6.17 Å². The van der Waals surface area contributed by atoms with Crippen LogP contribution in [0.1, 0.15) is 123 Å². The summed E-state index contributed by atoms with van der Waals surface area (Å²) in [7, 11) is 0. The van der Waals surface area contributed by atoms with Gasteiger partial charge < -0.3 is 0 Å². The van der Waals surface area contributed by atoms with Gasteiger partial charge in [0, 0.05) is 0 Å². The summed E-state index contributed by atoms with van der Waals surface area (Å²) < 4.78 is 0. The van der Waals surface area contributed by atoms with Gasteiger partial charge in [0.1, 0.15) is 0 Å². The van der Waals surface area contributed by atoms with Gasteiger partial charge >= 0.3 is 0 Å². The molecule has 2 heteroatoms. The van der Waals surface area contributed by atoms with Crippen molar-refractivity contribution in [3.63, 3.8) is 0 Å². The molecule has 144 valence electrons. The molecule has 0 N–H and O–H groups in total. The molecular formula is C23H43N2+. The molecule has 0 spiro atoms. The predicted octanol–water partition coefficient (Wildman–Crippen LogP) is 7.92. The molecule has 0 aromatic rings. The standard InChI is InChI=1S/C23H43N2/c1-3-5-6-7-8-9-10-11-12-13-14-15-17-22(4-2)18-16-19-23-24-20-21-25-23/h20-22H,3-19H2,1-2H3/q+1. The van der Waals surface area contributed by atoms with Crippen molar-refractivity contribution >= 4 is 12.4 Å². The molecule has 0 amide bonds. The van der Waals surface area contributed by atoms with Crippen LogP contribution in [0.15, 0.2) is 9.98 Å². The number of aliphatic imine (C=N–C) groups is 2. The van der Waals surface area contributed by atoms with Gasteiger partial charge in [-0.05, 0) is 18.8 Å². The van der Waals surface area contributed by atoms with Crippen LogP contribution >= 0.6 is 0 Å². The minimum atomic E-state index is 0.915. The molecule has 1 heterocycles. The van der Waals surface area contributed by atoms with Crippen LogP contribution in [0, 0.1) is 12.1 Å². The minimum absolute atomic E-state index is 0.915. The topological polar surface area (TPSA) is 24.7 Å².